The van der Waals surface area contributed by atoms with Gasteiger partial charge >= 0.3 is 0 Å². The van der Waals surface area contributed by atoms with Crippen molar-refractivity contribution in [1.82, 2.24) is 10.2 Å². The maximum atomic E-state index is 12.0. The number of rotatable bonds is 7. The van der Waals surface area contributed by atoms with Crippen LogP contribution in [0.2, 0.25) is 0 Å². The van der Waals surface area contributed by atoms with E-state index in [1.54, 1.807) is 39.5 Å². The van der Waals surface area contributed by atoms with Gasteiger partial charge < -0.3 is 14.2 Å². The summed E-state index contributed by atoms with van der Waals surface area (Å²) in [5, 5.41) is 11.9. The lowest BCUT2D eigenvalue weighted by atomic mass is 10.1. The van der Waals surface area contributed by atoms with Crippen LogP contribution >= 0.6 is 11.3 Å². The summed E-state index contributed by atoms with van der Waals surface area (Å²) >= 11 is 1.35. The van der Waals surface area contributed by atoms with E-state index in [1.165, 1.54) is 17.4 Å². The molecule has 0 unspecified atom stereocenters. The van der Waals surface area contributed by atoms with Crippen molar-refractivity contribution < 1.29 is 19.0 Å². The Morgan fingerprint density at radius 2 is 1.79 bits per heavy atom. The van der Waals surface area contributed by atoms with Crippen LogP contribution in [0, 0.1) is 0 Å². The highest BCUT2D eigenvalue weighted by Gasteiger charge is 2.11. The highest BCUT2D eigenvalue weighted by atomic mass is 32.1. The molecule has 0 aliphatic heterocycles. The summed E-state index contributed by atoms with van der Waals surface area (Å²) in [6.45, 7) is 1.98. The van der Waals surface area contributed by atoms with Crippen molar-refractivity contribution >= 4 is 28.5 Å². The Kier molecular flexibility index (Phi) is 6.14. The van der Waals surface area contributed by atoms with Gasteiger partial charge in [0.1, 0.15) is 10.8 Å². The molecule has 24 heavy (non-hydrogen) atoms. The lowest BCUT2D eigenvalue weighted by molar-refractivity contribution is -0.111. The fraction of sp³-hybridized carbons (Fsp3) is 0.312. The first-order valence-corrected chi connectivity index (χ1v) is 8.04. The van der Waals surface area contributed by atoms with E-state index >= 15 is 0 Å². The second-order valence-electron chi connectivity index (χ2n) is 4.63. The van der Waals surface area contributed by atoms with Crippen molar-refractivity contribution in [3.8, 4) is 17.2 Å². The minimum atomic E-state index is -0.300. The first kappa shape index (κ1) is 17.7. The van der Waals surface area contributed by atoms with Crippen LogP contribution in [0.25, 0.3) is 6.08 Å². The van der Waals surface area contributed by atoms with Gasteiger partial charge in [0.05, 0.1) is 21.3 Å². The molecule has 0 bridgehead atoms. The number of aromatic nitrogens is 2. The number of nitrogens with one attached hydrogen (secondary N) is 1. The number of hydrogen-bond acceptors (Lipinski definition) is 7. The van der Waals surface area contributed by atoms with Crippen LogP contribution in [0.4, 0.5) is 5.13 Å². The number of carbonyl (C=O) groups excluding carboxylic acids is 1. The molecular weight excluding hydrogens is 330 g/mol. The van der Waals surface area contributed by atoms with E-state index in [0.29, 0.717) is 27.9 Å². The number of ether oxygens (including phenoxy) is 3. The monoisotopic (exact) mass is 349 g/mol. The van der Waals surface area contributed by atoms with E-state index in [9.17, 15) is 4.79 Å². The van der Waals surface area contributed by atoms with Gasteiger partial charge in [-0.15, -0.1) is 10.2 Å². The summed E-state index contributed by atoms with van der Waals surface area (Å²) in [6, 6.07) is 3.44. The van der Waals surface area contributed by atoms with Crippen molar-refractivity contribution in [2.45, 2.75) is 13.3 Å². The van der Waals surface area contributed by atoms with Gasteiger partial charge in [0.2, 0.25) is 11.0 Å². The number of nitrogens with zero attached hydrogens (tertiary/aromatic N) is 2. The normalized spacial score (nSPS) is 10.7. The van der Waals surface area contributed by atoms with E-state index < -0.39 is 0 Å². The average molecular weight is 349 g/mol. The van der Waals surface area contributed by atoms with Crippen LogP contribution in [-0.4, -0.2) is 37.4 Å². The Morgan fingerprint density at radius 3 is 2.38 bits per heavy atom. The molecule has 2 aromatic rings. The first-order valence-electron chi connectivity index (χ1n) is 7.22. The molecule has 0 aliphatic rings. The van der Waals surface area contributed by atoms with E-state index in [4.69, 9.17) is 14.2 Å². The van der Waals surface area contributed by atoms with Crippen molar-refractivity contribution in [2.75, 3.05) is 26.6 Å². The van der Waals surface area contributed by atoms with Crippen LogP contribution in [0.3, 0.4) is 0 Å². The lowest BCUT2D eigenvalue weighted by Gasteiger charge is -2.12. The van der Waals surface area contributed by atoms with E-state index in [-0.39, 0.29) is 5.91 Å². The zero-order valence-corrected chi connectivity index (χ0v) is 14.8. The lowest BCUT2D eigenvalue weighted by Crippen LogP contribution is -2.07. The predicted octanol–water partition coefficient (Wildman–Crippen LogP) is 2.78. The minimum Gasteiger partial charge on any atom is -0.496 e. The van der Waals surface area contributed by atoms with Gasteiger partial charge in [0, 0.05) is 17.7 Å². The molecule has 1 aromatic heterocycles. The minimum absolute atomic E-state index is 0.300. The molecule has 0 spiro atoms. The average Bonchev–Trinajstić information content (AvgIpc) is 3.06. The van der Waals surface area contributed by atoms with Crippen LogP contribution in [-0.2, 0) is 11.2 Å². The Bertz CT molecular complexity index is 743. The van der Waals surface area contributed by atoms with Crippen molar-refractivity contribution in [2.24, 2.45) is 0 Å². The summed E-state index contributed by atoms with van der Waals surface area (Å²) in [6.07, 6.45) is 3.82. The quantitative estimate of drug-likeness (QED) is 0.774. The molecule has 0 saturated carbocycles. The van der Waals surface area contributed by atoms with Crippen molar-refractivity contribution in [1.29, 1.82) is 0 Å². The number of hydrogen-bond donors (Lipinski definition) is 1. The maximum absolute atomic E-state index is 12.0. The van der Waals surface area contributed by atoms with Gasteiger partial charge in [-0.3, -0.25) is 10.1 Å². The summed E-state index contributed by atoms with van der Waals surface area (Å²) in [5.74, 6) is 1.37. The molecule has 1 N–H and O–H groups in total. The molecule has 1 aromatic carbocycles. The largest absolute Gasteiger partial charge is 0.496 e. The number of anilines is 1. The van der Waals surface area contributed by atoms with Crippen LogP contribution in [0.1, 0.15) is 17.5 Å². The molecule has 0 radical (unpaired) electrons. The number of aryl methyl sites for hydroxylation is 1. The second kappa shape index (κ2) is 8.30. The number of benzene rings is 1. The molecule has 1 amide bonds. The Morgan fingerprint density at radius 1 is 1.12 bits per heavy atom. The van der Waals surface area contributed by atoms with Gasteiger partial charge in [-0.25, -0.2) is 0 Å². The molecule has 8 heteroatoms. The van der Waals surface area contributed by atoms with Crippen molar-refractivity contribution in [3.05, 3.63) is 28.8 Å². The van der Waals surface area contributed by atoms with Gasteiger partial charge in [-0.1, -0.05) is 18.3 Å². The smallest absolute Gasteiger partial charge is 0.250 e. The summed E-state index contributed by atoms with van der Waals surface area (Å²) in [7, 11) is 4.64. The second-order valence-corrected chi connectivity index (χ2v) is 5.69. The first-order chi connectivity index (χ1) is 11.6. The fourth-order valence-corrected chi connectivity index (χ4v) is 2.63. The summed E-state index contributed by atoms with van der Waals surface area (Å²) in [4.78, 5) is 12.0. The summed E-state index contributed by atoms with van der Waals surface area (Å²) < 4.78 is 15.8. The molecule has 128 valence electrons. The number of methoxy groups -OCH3 is 3. The van der Waals surface area contributed by atoms with Gasteiger partial charge in [-0.2, -0.15) is 0 Å². The maximum Gasteiger partial charge on any atom is 0.250 e. The topological polar surface area (TPSA) is 82.6 Å². The Balaban J connectivity index is 2.16. The Hall–Kier alpha value is -2.61. The third-order valence-corrected chi connectivity index (χ3v) is 4.13. The molecule has 2 rings (SSSR count). The SMILES string of the molecule is CCc1nnc(NC(=O)/C=C/c2cc(OC)c(OC)cc2OC)s1. The van der Waals surface area contributed by atoms with E-state index in [1.807, 2.05) is 6.92 Å². The third kappa shape index (κ3) is 4.23. The standard InChI is InChI=1S/C16H19N3O4S/c1-5-15-18-19-16(24-15)17-14(20)7-6-10-8-12(22-3)13(23-4)9-11(10)21-2/h6-9H,5H2,1-4H3,(H,17,19,20)/b7-6+. The third-order valence-electron chi connectivity index (χ3n) is 3.15. The molecule has 0 fully saturated rings. The molecule has 1 heterocycles. The fourth-order valence-electron chi connectivity index (χ4n) is 1.94. The van der Waals surface area contributed by atoms with E-state index in [0.717, 1.165) is 11.4 Å². The zero-order chi connectivity index (χ0) is 17.5. The summed E-state index contributed by atoms with van der Waals surface area (Å²) in [5.41, 5.74) is 0.691. The highest BCUT2D eigenvalue weighted by Crippen LogP contribution is 2.35. The number of carbonyl (C=O) groups is 1. The van der Waals surface area contributed by atoms with E-state index in [2.05, 4.69) is 15.5 Å². The highest BCUT2D eigenvalue weighted by molar-refractivity contribution is 7.15. The van der Waals surface area contributed by atoms with Crippen LogP contribution in [0.15, 0.2) is 18.2 Å². The Labute approximate surface area is 144 Å². The van der Waals surface area contributed by atoms with Crippen molar-refractivity contribution in [3.63, 3.8) is 0 Å². The zero-order valence-electron chi connectivity index (χ0n) is 14.0. The van der Waals surface area contributed by atoms with Crippen LogP contribution < -0.4 is 19.5 Å². The molecular formula is C16H19N3O4S. The molecule has 0 saturated heterocycles. The van der Waals surface area contributed by atoms with Gasteiger partial charge in [0.25, 0.3) is 0 Å². The van der Waals surface area contributed by atoms with Gasteiger partial charge in [-0.05, 0) is 18.6 Å². The predicted molar refractivity (Wildman–Crippen MR) is 93.0 cm³/mol. The molecule has 0 atom stereocenters. The molecule has 7 nitrogen and oxygen atoms in total. The van der Waals surface area contributed by atoms with Gasteiger partial charge in [0.15, 0.2) is 11.5 Å². The molecule has 0 aliphatic carbocycles. The number of amides is 1. The van der Waals surface area contributed by atoms with Crippen LogP contribution in [0.5, 0.6) is 17.2 Å².